The Morgan fingerprint density at radius 3 is 2.55 bits per heavy atom. The van der Waals surface area contributed by atoms with Crippen LogP contribution in [0.1, 0.15) is 15.9 Å². The second kappa shape index (κ2) is 11.4. The van der Waals surface area contributed by atoms with E-state index in [1.165, 1.54) is 5.00 Å². The van der Waals surface area contributed by atoms with Crippen LogP contribution >= 0.6 is 35.3 Å². The molecule has 8 heteroatoms. The maximum Gasteiger partial charge on any atom is 0.253 e. The van der Waals surface area contributed by atoms with E-state index in [0.717, 1.165) is 56.2 Å². The van der Waals surface area contributed by atoms with Crippen molar-refractivity contribution in [2.75, 3.05) is 58.8 Å². The number of benzene rings is 1. The van der Waals surface area contributed by atoms with Crippen molar-refractivity contribution in [3.05, 3.63) is 52.9 Å². The number of guanidine groups is 1. The molecule has 6 nitrogen and oxygen atoms in total. The highest BCUT2D eigenvalue weighted by Gasteiger charge is 2.20. The molecule has 1 N–H and O–H groups in total. The summed E-state index contributed by atoms with van der Waals surface area (Å²) in [5.41, 5.74) is 1.88. The van der Waals surface area contributed by atoms with Crippen LogP contribution in [0.15, 0.2) is 46.8 Å². The Balaban J connectivity index is 0.00000300. The van der Waals surface area contributed by atoms with Crippen LogP contribution in [-0.4, -0.2) is 75.5 Å². The number of carbonyl (C=O) groups excluding carboxylic acids is 1. The van der Waals surface area contributed by atoms with Gasteiger partial charge >= 0.3 is 0 Å². The Morgan fingerprint density at radius 2 is 1.93 bits per heavy atom. The molecular weight excluding hydrogens is 497 g/mol. The Bertz CT molecular complexity index is 801. The summed E-state index contributed by atoms with van der Waals surface area (Å²) in [7, 11) is 5.39. The molecule has 1 fully saturated rings. The monoisotopic (exact) mass is 527 g/mol. The van der Waals surface area contributed by atoms with Crippen LogP contribution in [0.25, 0.3) is 0 Å². The molecule has 0 atom stereocenters. The number of piperazine rings is 1. The molecule has 0 unspecified atom stereocenters. The smallest absolute Gasteiger partial charge is 0.253 e. The molecule has 1 aromatic carbocycles. The number of rotatable bonds is 5. The van der Waals surface area contributed by atoms with Crippen molar-refractivity contribution < 1.29 is 4.79 Å². The molecule has 0 spiro atoms. The SMILES string of the molecule is CN=C(NCCc1cccc(C(=O)N(C)C)c1)N1CCN(c2cccs2)CC1.I. The first-order valence-corrected chi connectivity index (χ1v) is 10.5. The molecule has 1 aliphatic heterocycles. The third kappa shape index (κ3) is 6.33. The Labute approximate surface area is 194 Å². The van der Waals surface area contributed by atoms with E-state index in [1.54, 1.807) is 30.3 Å². The van der Waals surface area contributed by atoms with Crippen LogP contribution in [0.2, 0.25) is 0 Å². The summed E-state index contributed by atoms with van der Waals surface area (Å²) < 4.78 is 0. The zero-order chi connectivity index (χ0) is 19.9. The van der Waals surface area contributed by atoms with Crippen molar-refractivity contribution >= 4 is 52.2 Å². The quantitative estimate of drug-likeness (QED) is 0.369. The molecule has 1 saturated heterocycles. The molecule has 0 aliphatic carbocycles. The summed E-state index contributed by atoms with van der Waals surface area (Å²) in [4.78, 5) is 22.9. The van der Waals surface area contributed by atoms with E-state index < -0.39 is 0 Å². The normalized spacial score (nSPS) is 14.4. The lowest BCUT2D eigenvalue weighted by molar-refractivity contribution is 0.0827. The molecule has 0 radical (unpaired) electrons. The average molecular weight is 527 g/mol. The van der Waals surface area contributed by atoms with Gasteiger partial charge in [-0.2, -0.15) is 0 Å². The second-order valence-corrected chi connectivity index (χ2v) is 7.98. The molecule has 0 saturated carbocycles. The topological polar surface area (TPSA) is 51.2 Å². The van der Waals surface area contributed by atoms with Gasteiger partial charge in [0.25, 0.3) is 5.91 Å². The van der Waals surface area contributed by atoms with Gasteiger partial charge in [0.2, 0.25) is 0 Å². The predicted octanol–water partition coefficient (Wildman–Crippen LogP) is 3.01. The highest BCUT2D eigenvalue weighted by Crippen LogP contribution is 2.22. The van der Waals surface area contributed by atoms with Gasteiger partial charge in [0.05, 0.1) is 5.00 Å². The van der Waals surface area contributed by atoms with Gasteiger partial charge in [-0.15, -0.1) is 35.3 Å². The number of carbonyl (C=O) groups is 1. The number of nitrogens with one attached hydrogen (secondary N) is 1. The maximum absolute atomic E-state index is 12.1. The van der Waals surface area contributed by atoms with Gasteiger partial charge in [-0.05, 0) is 41.6 Å². The number of aliphatic imine (C=N–C) groups is 1. The molecule has 1 amide bonds. The van der Waals surface area contributed by atoms with Crippen LogP contribution in [0, 0.1) is 0 Å². The van der Waals surface area contributed by atoms with Crippen molar-refractivity contribution in [2.45, 2.75) is 6.42 Å². The number of anilines is 1. The maximum atomic E-state index is 12.1. The fraction of sp³-hybridized carbons (Fsp3) is 0.429. The second-order valence-electron chi connectivity index (χ2n) is 7.05. The summed E-state index contributed by atoms with van der Waals surface area (Å²) in [5.74, 6) is 0.987. The van der Waals surface area contributed by atoms with Crippen LogP contribution in [0.3, 0.4) is 0 Å². The Morgan fingerprint density at radius 1 is 1.17 bits per heavy atom. The van der Waals surface area contributed by atoms with E-state index >= 15 is 0 Å². The molecule has 158 valence electrons. The van der Waals surface area contributed by atoms with E-state index in [-0.39, 0.29) is 29.9 Å². The van der Waals surface area contributed by atoms with Gasteiger partial charge < -0.3 is 20.0 Å². The Hall–Kier alpha value is -1.81. The zero-order valence-corrected chi connectivity index (χ0v) is 20.4. The van der Waals surface area contributed by atoms with Crippen LogP contribution in [0.5, 0.6) is 0 Å². The minimum atomic E-state index is 0. The van der Waals surface area contributed by atoms with Gasteiger partial charge in [-0.25, -0.2) is 0 Å². The van der Waals surface area contributed by atoms with Crippen LogP contribution in [0.4, 0.5) is 5.00 Å². The molecular formula is C21H30IN5OS. The summed E-state index contributed by atoms with van der Waals surface area (Å²) in [5, 5.41) is 6.94. The van der Waals surface area contributed by atoms with Gasteiger partial charge in [-0.3, -0.25) is 9.79 Å². The van der Waals surface area contributed by atoms with E-state index in [2.05, 4.69) is 43.7 Å². The number of hydrogen-bond donors (Lipinski definition) is 1. The van der Waals surface area contributed by atoms with E-state index in [1.807, 2.05) is 25.2 Å². The average Bonchev–Trinajstić information content (AvgIpc) is 3.26. The summed E-state index contributed by atoms with van der Waals surface area (Å²) in [6.45, 7) is 4.73. The lowest BCUT2D eigenvalue weighted by Crippen LogP contribution is -2.52. The third-order valence-corrected chi connectivity index (χ3v) is 5.81. The number of thiophene rings is 1. The van der Waals surface area contributed by atoms with Gasteiger partial charge in [-0.1, -0.05) is 12.1 Å². The first-order valence-electron chi connectivity index (χ1n) is 9.63. The molecule has 2 aromatic rings. The standard InChI is InChI=1S/C21H29N5OS.HI/c1-22-21(26-13-11-25(12-14-26)19-8-5-15-28-19)23-10-9-17-6-4-7-18(16-17)20(27)24(2)3;/h4-8,15-16H,9-14H2,1-3H3,(H,22,23);1H. The van der Waals surface area contributed by atoms with Crippen LogP contribution in [-0.2, 0) is 6.42 Å². The van der Waals surface area contributed by atoms with E-state index in [9.17, 15) is 4.79 Å². The largest absolute Gasteiger partial charge is 0.360 e. The van der Waals surface area contributed by atoms with Crippen molar-refractivity contribution in [1.29, 1.82) is 0 Å². The lowest BCUT2D eigenvalue weighted by atomic mass is 10.1. The molecule has 0 bridgehead atoms. The minimum absolute atomic E-state index is 0. The predicted molar refractivity (Wildman–Crippen MR) is 133 cm³/mol. The molecule has 2 heterocycles. The van der Waals surface area contributed by atoms with Crippen molar-refractivity contribution in [1.82, 2.24) is 15.1 Å². The number of hydrogen-bond acceptors (Lipinski definition) is 4. The number of halogens is 1. The fourth-order valence-electron chi connectivity index (χ4n) is 3.36. The van der Waals surface area contributed by atoms with Crippen molar-refractivity contribution in [2.24, 2.45) is 4.99 Å². The zero-order valence-electron chi connectivity index (χ0n) is 17.3. The molecule has 3 rings (SSSR count). The highest BCUT2D eigenvalue weighted by molar-refractivity contribution is 14.0. The van der Waals surface area contributed by atoms with Gasteiger partial charge in [0, 0.05) is 59.4 Å². The van der Waals surface area contributed by atoms with Crippen LogP contribution < -0.4 is 10.2 Å². The summed E-state index contributed by atoms with van der Waals surface area (Å²) in [6.07, 6.45) is 0.850. The number of nitrogens with zero attached hydrogens (tertiary/aromatic N) is 4. The van der Waals surface area contributed by atoms with E-state index in [0.29, 0.717) is 0 Å². The van der Waals surface area contributed by atoms with Gasteiger partial charge in [0.15, 0.2) is 5.96 Å². The fourth-order valence-corrected chi connectivity index (χ4v) is 4.14. The molecule has 29 heavy (non-hydrogen) atoms. The summed E-state index contributed by atoms with van der Waals surface area (Å²) in [6, 6.07) is 12.1. The minimum Gasteiger partial charge on any atom is -0.360 e. The van der Waals surface area contributed by atoms with E-state index in [4.69, 9.17) is 0 Å². The third-order valence-electron chi connectivity index (χ3n) is 4.89. The number of amides is 1. The first kappa shape index (κ1) is 23.5. The Kier molecular flexibility index (Phi) is 9.22. The lowest BCUT2D eigenvalue weighted by Gasteiger charge is -2.37. The highest BCUT2D eigenvalue weighted by atomic mass is 127. The molecule has 1 aliphatic rings. The van der Waals surface area contributed by atoms with Gasteiger partial charge in [0.1, 0.15) is 0 Å². The first-order chi connectivity index (χ1) is 13.6. The molecule has 1 aromatic heterocycles. The summed E-state index contributed by atoms with van der Waals surface area (Å²) >= 11 is 1.80. The van der Waals surface area contributed by atoms with Crippen molar-refractivity contribution in [3.8, 4) is 0 Å². The van der Waals surface area contributed by atoms with Crippen molar-refractivity contribution in [3.63, 3.8) is 0 Å².